The van der Waals surface area contributed by atoms with Gasteiger partial charge in [0.2, 0.25) is 11.5 Å². The fraction of sp³-hybridized carbons (Fsp3) is 0.364. The third-order valence-corrected chi connectivity index (χ3v) is 10.8. The highest BCUT2D eigenvalue weighted by Crippen LogP contribution is 2.43. The molecule has 0 atom stereocenters. The molecule has 3 aromatic carbocycles. The number of hydrogen-bond donors (Lipinski definition) is 0. The molecule has 0 N–H and O–H groups in total. The minimum Gasteiger partial charge on any atom is -0.493 e. The van der Waals surface area contributed by atoms with Crippen molar-refractivity contribution in [1.82, 2.24) is 14.9 Å². The van der Waals surface area contributed by atoms with Crippen LogP contribution in [-0.2, 0) is 25.9 Å². The van der Waals surface area contributed by atoms with Gasteiger partial charge in [-0.25, -0.2) is 0 Å². The van der Waals surface area contributed by atoms with E-state index in [0.29, 0.717) is 40.5 Å². The zero-order valence-corrected chi connectivity index (χ0v) is 32.2. The number of likely N-dealkylation sites (tertiary alicyclic amines) is 1. The van der Waals surface area contributed by atoms with E-state index in [9.17, 15) is 0 Å². The van der Waals surface area contributed by atoms with E-state index < -0.39 is 0 Å². The second-order valence-corrected chi connectivity index (χ2v) is 13.8. The van der Waals surface area contributed by atoms with Crippen LogP contribution < -0.4 is 33.3 Å². The van der Waals surface area contributed by atoms with Crippen molar-refractivity contribution in [3.63, 3.8) is 0 Å². The summed E-state index contributed by atoms with van der Waals surface area (Å²) in [4.78, 5) is 14.8. The number of nitrogens with zero attached hydrogens (tertiary/aromatic N) is 4. The van der Waals surface area contributed by atoms with E-state index in [-0.39, 0.29) is 0 Å². The number of methoxy groups -OCH3 is 6. The molecule has 10 nitrogen and oxygen atoms in total. The van der Waals surface area contributed by atoms with Crippen molar-refractivity contribution in [3.05, 3.63) is 101 Å². The number of aromatic nitrogens is 2. The minimum absolute atomic E-state index is 0.362. The molecule has 3 heterocycles. The number of piperidine rings is 1. The summed E-state index contributed by atoms with van der Waals surface area (Å²) < 4.78 is 33.8. The van der Waals surface area contributed by atoms with E-state index in [1.54, 1.807) is 42.7 Å². The van der Waals surface area contributed by atoms with Crippen molar-refractivity contribution in [3.8, 4) is 57.0 Å². The molecule has 5 aromatic rings. The fourth-order valence-corrected chi connectivity index (χ4v) is 8.00. The number of benzene rings is 3. The first-order chi connectivity index (χ1) is 26.5. The lowest BCUT2D eigenvalue weighted by atomic mass is 9.98. The Morgan fingerprint density at radius 2 is 1.28 bits per heavy atom. The van der Waals surface area contributed by atoms with Gasteiger partial charge in [0.05, 0.1) is 54.0 Å². The second-order valence-electron chi connectivity index (χ2n) is 13.8. The highest BCUT2D eigenvalue weighted by Gasteiger charge is 2.28. The molecule has 1 fully saturated rings. The number of hydrogen-bond acceptors (Lipinski definition) is 10. The fourth-order valence-electron chi connectivity index (χ4n) is 8.00. The van der Waals surface area contributed by atoms with Crippen LogP contribution in [0.2, 0.25) is 0 Å². The van der Waals surface area contributed by atoms with E-state index in [1.807, 2.05) is 42.7 Å². The van der Waals surface area contributed by atoms with Gasteiger partial charge in [0, 0.05) is 61.4 Å². The lowest BCUT2D eigenvalue weighted by molar-refractivity contribution is 0.201. The first kappa shape index (κ1) is 36.9. The third kappa shape index (κ3) is 7.61. The lowest BCUT2D eigenvalue weighted by Crippen LogP contribution is -2.44. The molecule has 0 unspecified atom stereocenters. The summed E-state index contributed by atoms with van der Waals surface area (Å²) in [6.45, 7) is 3.55. The number of rotatable bonds is 14. The normalized spacial score (nSPS) is 14.3. The first-order valence-electron chi connectivity index (χ1n) is 18.6. The van der Waals surface area contributed by atoms with Crippen LogP contribution >= 0.6 is 0 Å². The third-order valence-electron chi connectivity index (χ3n) is 10.8. The summed E-state index contributed by atoms with van der Waals surface area (Å²) in [5, 5.41) is 0. The molecule has 282 valence electrons. The molecule has 0 spiro atoms. The molecular weight excluding hydrogens is 681 g/mol. The molecular formula is C44H50N4O6. The van der Waals surface area contributed by atoms with Crippen LogP contribution in [0.1, 0.15) is 41.5 Å². The van der Waals surface area contributed by atoms with Gasteiger partial charge in [0.1, 0.15) is 0 Å². The zero-order valence-electron chi connectivity index (χ0n) is 32.2. The molecule has 2 aromatic heterocycles. The van der Waals surface area contributed by atoms with Gasteiger partial charge in [0.25, 0.3) is 0 Å². The average Bonchev–Trinajstić information content (AvgIpc) is 3.70. The summed E-state index contributed by atoms with van der Waals surface area (Å²) in [5.74, 6) is 3.56. The molecule has 0 radical (unpaired) electrons. The molecule has 54 heavy (non-hydrogen) atoms. The van der Waals surface area contributed by atoms with Crippen LogP contribution in [0.3, 0.4) is 0 Å². The van der Waals surface area contributed by atoms with Crippen molar-refractivity contribution in [1.29, 1.82) is 0 Å². The van der Waals surface area contributed by atoms with Gasteiger partial charge < -0.3 is 33.3 Å². The molecule has 0 amide bonds. The number of anilines is 1. The second kappa shape index (κ2) is 16.7. The Balaban J connectivity index is 1.13. The van der Waals surface area contributed by atoms with Crippen molar-refractivity contribution < 1.29 is 28.4 Å². The predicted molar refractivity (Wildman–Crippen MR) is 212 cm³/mol. The Labute approximate surface area is 318 Å². The number of ether oxygens (including phenoxy) is 6. The Morgan fingerprint density at radius 3 is 1.91 bits per heavy atom. The summed E-state index contributed by atoms with van der Waals surface area (Å²) >= 11 is 0. The molecule has 1 aliphatic carbocycles. The molecule has 1 saturated heterocycles. The molecule has 10 heteroatoms. The maximum absolute atomic E-state index is 5.71. The average molecular weight is 731 g/mol. The van der Waals surface area contributed by atoms with Crippen LogP contribution in [-0.4, -0.2) is 76.7 Å². The monoisotopic (exact) mass is 730 g/mol. The maximum atomic E-state index is 5.71. The van der Waals surface area contributed by atoms with Gasteiger partial charge >= 0.3 is 0 Å². The van der Waals surface area contributed by atoms with Crippen molar-refractivity contribution in [2.75, 3.05) is 60.6 Å². The highest BCUT2D eigenvalue weighted by atomic mass is 16.5. The van der Waals surface area contributed by atoms with Gasteiger partial charge in [-0.3, -0.25) is 14.9 Å². The van der Waals surface area contributed by atoms with Crippen LogP contribution in [0.15, 0.2) is 79.1 Å². The van der Waals surface area contributed by atoms with Crippen LogP contribution in [0.4, 0.5) is 5.69 Å². The smallest absolute Gasteiger partial charge is 0.203 e. The summed E-state index contributed by atoms with van der Waals surface area (Å²) in [5.41, 5.74) is 10.2. The van der Waals surface area contributed by atoms with Crippen molar-refractivity contribution in [2.24, 2.45) is 0 Å². The largest absolute Gasteiger partial charge is 0.493 e. The van der Waals surface area contributed by atoms with Gasteiger partial charge in [-0.05, 0) is 109 Å². The highest BCUT2D eigenvalue weighted by molar-refractivity contribution is 5.72. The van der Waals surface area contributed by atoms with E-state index in [0.717, 1.165) is 79.9 Å². The van der Waals surface area contributed by atoms with Gasteiger partial charge in [-0.15, -0.1) is 0 Å². The minimum atomic E-state index is 0.362. The summed E-state index contributed by atoms with van der Waals surface area (Å²) in [6, 6.07) is 23.8. The summed E-state index contributed by atoms with van der Waals surface area (Å²) in [6.07, 6.45) is 9.36. The molecule has 1 aliphatic heterocycles. The Morgan fingerprint density at radius 1 is 0.648 bits per heavy atom. The predicted octanol–water partition coefficient (Wildman–Crippen LogP) is 8.02. The standard InChI is InChI=1S/C44H50N4O6/c1-49-38-23-33(24-39(50-2)43(38)53-5)37-21-29(14-18-45-37)27-47-19-15-35(16-20-47)48(36-13-12-30-9-7-10-31(30)22-36)28-32-11-8-17-46-42(32)34-25-40(51-3)44(54-6)41(26-34)52-4/h8,11-14,17-18,21-26,35H,7,9-10,15-16,19-20,27-28H2,1-6H3. The van der Waals surface area contributed by atoms with E-state index in [2.05, 4.69) is 46.2 Å². The van der Waals surface area contributed by atoms with Crippen molar-refractivity contribution >= 4 is 5.69 Å². The Hall–Kier alpha value is -5.48. The molecule has 0 bridgehead atoms. The van der Waals surface area contributed by atoms with Crippen LogP contribution in [0.25, 0.3) is 22.5 Å². The first-order valence-corrected chi connectivity index (χ1v) is 18.6. The van der Waals surface area contributed by atoms with Crippen LogP contribution in [0, 0.1) is 0 Å². The quantitative estimate of drug-likeness (QED) is 0.112. The van der Waals surface area contributed by atoms with Gasteiger partial charge in [-0.2, -0.15) is 0 Å². The number of aryl methyl sites for hydroxylation is 2. The van der Waals surface area contributed by atoms with E-state index in [4.69, 9.17) is 38.4 Å². The Bertz CT molecular complexity index is 2030. The Kier molecular flexibility index (Phi) is 11.4. The van der Waals surface area contributed by atoms with E-state index in [1.165, 1.54) is 28.8 Å². The molecule has 2 aliphatic rings. The maximum Gasteiger partial charge on any atom is 0.203 e. The van der Waals surface area contributed by atoms with Gasteiger partial charge in [0.15, 0.2) is 23.0 Å². The van der Waals surface area contributed by atoms with Crippen molar-refractivity contribution in [2.45, 2.75) is 51.2 Å². The number of fused-ring (bicyclic) bond motifs is 1. The van der Waals surface area contributed by atoms with Gasteiger partial charge in [-0.1, -0.05) is 12.1 Å². The summed E-state index contributed by atoms with van der Waals surface area (Å²) in [7, 11) is 9.79. The van der Waals surface area contributed by atoms with E-state index >= 15 is 0 Å². The molecule has 0 saturated carbocycles. The lowest BCUT2D eigenvalue weighted by Gasteiger charge is -2.40. The van der Waals surface area contributed by atoms with Crippen LogP contribution in [0.5, 0.6) is 34.5 Å². The zero-order chi connectivity index (χ0) is 37.6. The number of pyridine rings is 2. The topological polar surface area (TPSA) is 87.6 Å². The molecule has 7 rings (SSSR count). The SMILES string of the molecule is COc1cc(-c2cc(CN3CCC(N(Cc4cccnc4-c4cc(OC)c(OC)c(OC)c4)c4ccc5c(c4)CCC5)CC3)ccn2)cc(OC)c1OC.